The predicted molar refractivity (Wildman–Crippen MR) is 321 cm³/mol. The molecule has 428 valence electrons. The van der Waals surface area contributed by atoms with Gasteiger partial charge in [0.2, 0.25) is 0 Å². The predicted octanol–water partition coefficient (Wildman–Crippen LogP) is 19.2. The number of esters is 2. The van der Waals surface area contributed by atoms with Crippen molar-refractivity contribution in [2.24, 2.45) is 5.73 Å². The molecule has 0 aliphatic carbocycles. The maximum atomic E-state index is 12.7. The lowest BCUT2D eigenvalue weighted by Crippen LogP contribution is -2.29. The van der Waals surface area contributed by atoms with Gasteiger partial charge >= 0.3 is 19.8 Å². The maximum absolute atomic E-state index is 12.7. The van der Waals surface area contributed by atoms with Crippen LogP contribution in [0.4, 0.5) is 0 Å². The van der Waals surface area contributed by atoms with E-state index >= 15 is 0 Å². The number of phosphoric ester groups is 1. The van der Waals surface area contributed by atoms with E-state index in [-0.39, 0.29) is 32.6 Å². The first-order valence-electron chi connectivity index (χ1n) is 30.0. The molecule has 3 N–H and O–H groups in total. The lowest BCUT2D eigenvalue weighted by molar-refractivity contribution is -0.161. The fourth-order valence-corrected chi connectivity index (χ4v) is 8.68. The van der Waals surface area contributed by atoms with Crippen molar-refractivity contribution in [1.29, 1.82) is 0 Å². The summed E-state index contributed by atoms with van der Waals surface area (Å²) in [5.74, 6) is -0.842. The molecule has 0 aromatic heterocycles. The Hall–Kier alpha value is -3.59. The molecule has 2 unspecified atom stereocenters. The minimum atomic E-state index is -4.40. The van der Waals surface area contributed by atoms with Crippen molar-refractivity contribution < 1.29 is 37.6 Å². The molecule has 2 atom stereocenters. The highest BCUT2D eigenvalue weighted by Gasteiger charge is 2.26. The van der Waals surface area contributed by atoms with Gasteiger partial charge in [0, 0.05) is 19.4 Å². The first-order valence-corrected chi connectivity index (χ1v) is 31.5. The molecule has 0 saturated carbocycles. The zero-order chi connectivity index (χ0) is 54.5. The molecule has 0 radical (unpaired) electrons. The van der Waals surface area contributed by atoms with E-state index in [1.165, 1.54) is 103 Å². The molecule has 0 heterocycles. The van der Waals surface area contributed by atoms with E-state index in [9.17, 15) is 19.0 Å². The molecule has 0 aromatic rings. The summed E-state index contributed by atoms with van der Waals surface area (Å²) in [6, 6.07) is 0. The zero-order valence-electron chi connectivity index (χ0n) is 47.7. The number of phosphoric acid groups is 1. The van der Waals surface area contributed by atoms with E-state index in [1.54, 1.807) is 0 Å². The van der Waals surface area contributed by atoms with E-state index in [4.69, 9.17) is 24.3 Å². The Morgan fingerprint density at radius 2 is 0.733 bits per heavy atom. The molecule has 0 aromatic carbocycles. The summed E-state index contributed by atoms with van der Waals surface area (Å²) in [6.07, 6.45) is 82.6. The van der Waals surface area contributed by atoms with Crippen LogP contribution in [0, 0.1) is 0 Å². The summed E-state index contributed by atoms with van der Waals surface area (Å²) in [4.78, 5) is 35.2. The van der Waals surface area contributed by atoms with Gasteiger partial charge < -0.3 is 20.1 Å². The van der Waals surface area contributed by atoms with Crippen LogP contribution in [-0.2, 0) is 32.7 Å². The minimum Gasteiger partial charge on any atom is -0.462 e. The third kappa shape index (κ3) is 59.5. The Morgan fingerprint density at radius 3 is 1.09 bits per heavy atom. The SMILES string of the molecule is CC/C=C\C/C=C\C/C=C\C/C=C\C/C=C\C/C=C\C/C=C\C/C=C\CCCCCCCCCCCCCCC(=O)OC(COC(=O)CCCCCCCCC/C=C\C/C=C\CCCCC)COP(=O)(O)OCCN. The van der Waals surface area contributed by atoms with E-state index in [1.807, 2.05) is 0 Å². The highest BCUT2D eigenvalue weighted by atomic mass is 31.2. The van der Waals surface area contributed by atoms with Crippen molar-refractivity contribution in [3.8, 4) is 0 Å². The molecular weight excluding hydrogens is 954 g/mol. The van der Waals surface area contributed by atoms with Crippen molar-refractivity contribution in [1.82, 2.24) is 0 Å². The molecule has 0 fully saturated rings. The number of carbonyl (C=O) groups excluding carboxylic acids is 2. The first kappa shape index (κ1) is 71.4. The van der Waals surface area contributed by atoms with Crippen molar-refractivity contribution in [2.75, 3.05) is 26.4 Å². The lowest BCUT2D eigenvalue weighted by atomic mass is 10.0. The maximum Gasteiger partial charge on any atom is 0.472 e. The van der Waals surface area contributed by atoms with Crippen LogP contribution in [0.25, 0.3) is 0 Å². The summed E-state index contributed by atoms with van der Waals surface area (Å²) < 4.78 is 33.0. The minimum absolute atomic E-state index is 0.0471. The second kappa shape index (κ2) is 59.7. The van der Waals surface area contributed by atoms with Crippen molar-refractivity contribution >= 4 is 19.8 Å². The number of rotatable bonds is 55. The van der Waals surface area contributed by atoms with Gasteiger partial charge in [0.15, 0.2) is 6.10 Å². The number of unbranched alkanes of at least 4 members (excludes halogenated alkanes) is 22. The van der Waals surface area contributed by atoms with Gasteiger partial charge in [-0.25, -0.2) is 4.57 Å². The highest BCUT2D eigenvalue weighted by Crippen LogP contribution is 2.43. The molecule has 0 rings (SSSR count). The molecular formula is C65H110NO8P. The molecule has 0 amide bonds. The van der Waals surface area contributed by atoms with Crippen LogP contribution in [0.3, 0.4) is 0 Å². The summed E-state index contributed by atoms with van der Waals surface area (Å²) in [5.41, 5.74) is 5.38. The average molecular weight is 1060 g/mol. The van der Waals surface area contributed by atoms with E-state index in [0.29, 0.717) is 6.42 Å². The lowest BCUT2D eigenvalue weighted by Gasteiger charge is -2.19. The summed E-state index contributed by atoms with van der Waals surface area (Å²) in [7, 11) is -4.40. The van der Waals surface area contributed by atoms with Gasteiger partial charge in [0.25, 0.3) is 0 Å². The zero-order valence-corrected chi connectivity index (χ0v) is 48.6. The number of nitrogens with two attached hydrogens (primary N) is 1. The van der Waals surface area contributed by atoms with Gasteiger partial charge in [0.1, 0.15) is 6.61 Å². The average Bonchev–Trinajstić information content (AvgIpc) is 3.40. The number of ether oxygens (including phenoxy) is 2. The fraction of sp³-hybridized carbons (Fsp3) is 0.662. The topological polar surface area (TPSA) is 134 Å². The van der Waals surface area contributed by atoms with Crippen LogP contribution >= 0.6 is 7.82 Å². The van der Waals surface area contributed by atoms with Gasteiger partial charge in [-0.2, -0.15) is 0 Å². The monoisotopic (exact) mass is 1060 g/mol. The van der Waals surface area contributed by atoms with Crippen LogP contribution in [-0.4, -0.2) is 49.3 Å². The van der Waals surface area contributed by atoms with E-state index < -0.39 is 32.5 Å². The second-order valence-corrected chi connectivity index (χ2v) is 20.9. The van der Waals surface area contributed by atoms with Gasteiger partial charge in [-0.05, 0) is 109 Å². The Kier molecular flexibility index (Phi) is 56.8. The van der Waals surface area contributed by atoms with Gasteiger partial charge in [-0.3, -0.25) is 18.6 Å². The van der Waals surface area contributed by atoms with Gasteiger partial charge in [0.05, 0.1) is 13.2 Å². The van der Waals surface area contributed by atoms with E-state index in [0.717, 1.165) is 109 Å². The second-order valence-electron chi connectivity index (χ2n) is 19.5. The fourth-order valence-electron chi connectivity index (χ4n) is 7.92. The normalized spacial score (nSPS) is 13.9. The third-order valence-electron chi connectivity index (χ3n) is 12.3. The third-order valence-corrected chi connectivity index (χ3v) is 13.3. The van der Waals surface area contributed by atoms with Gasteiger partial charge in [-0.1, -0.05) is 245 Å². The standard InChI is InChI=1S/C65H110NO8P/c1-3-5-7-9-11-13-15-17-19-21-22-23-24-25-26-27-28-29-30-31-32-33-34-35-36-37-38-39-40-42-44-46-48-50-52-54-56-58-65(68)74-63(62-73-75(69,70)72-60-59-66)61-71-64(67)57-55-53-51-49-47-45-43-41-20-18-16-14-12-10-8-6-4-2/h5,7,11-14,17-20,22-23,25-26,28-29,31-32,34-35,63H,3-4,6,8-10,15-16,21,24,27,30,33,36-62,66H2,1-2H3,(H,69,70)/b7-5-,13-11-,14-12-,19-17-,20-18-,23-22-,26-25-,29-28-,32-31-,35-34-. The molecule has 0 bridgehead atoms. The Labute approximate surface area is 460 Å². The number of allylic oxidation sites excluding steroid dienone is 20. The smallest absolute Gasteiger partial charge is 0.462 e. The van der Waals surface area contributed by atoms with Crippen LogP contribution in [0.2, 0.25) is 0 Å². The molecule has 75 heavy (non-hydrogen) atoms. The van der Waals surface area contributed by atoms with Crippen LogP contribution < -0.4 is 5.73 Å². The number of hydrogen-bond acceptors (Lipinski definition) is 8. The van der Waals surface area contributed by atoms with Gasteiger partial charge in [-0.15, -0.1) is 0 Å². The van der Waals surface area contributed by atoms with Crippen LogP contribution in [0.15, 0.2) is 122 Å². The summed E-state index contributed by atoms with van der Waals surface area (Å²) in [6.45, 7) is 3.59. The number of carbonyl (C=O) groups is 2. The molecule has 10 heteroatoms. The quantitative estimate of drug-likeness (QED) is 0.0264. The van der Waals surface area contributed by atoms with Crippen molar-refractivity contribution in [3.05, 3.63) is 122 Å². The Bertz CT molecular complexity index is 1640. The first-order chi connectivity index (χ1) is 36.8. The molecule has 0 aliphatic heterocycles. The molecule has 0 aliphatic rings. The molecule has 9 nitrogen and oxygen atoms in total. The molecule has 0 spiro atoms. The number of hydrogen-bond donors (Lipinski definition) is 2. The molecule has 0 saturated heterocycles. The van der Waals surface area contributed by atoms with Crippen molar-refractivity contribution in [3.63, 3.8) is 0 Å². The summed E-state index contributed by atoms with van der Waals surface area (Å²) >= 11 is 0. The Morgan fingerprint density at radius 1 is 0.413 bits per heavy atom. The largest absolute Gasteiger partial charge is 0.472 e. The van der Waals surface area contributed by atoms with Crippen molar-refractivity contribution in [2.45, 2.75) is 251 Å². The van der Waals surface area contributed by atoms with E-state index in [2.05, 4.69) is 135 Å². The van der Waals surface area contributed by atoms with Crippen LogP contribution in [0.1, 0.15) is 245 Å². The van der Waals surface area contributed by atoms with Crippen LogP contribution in [0.5, 0.6) is 0 Å². The Balaban J connectivity index is 3.96. The summed E-state index contributed by atoms with van der Waals surface area (Å²) in [5, 5.41) is 0. The highest BCUT2D eigenvalue weighted by molar-refractivity contribution is 7.47.